The van der Waals surface area contributed by atoms with E-state index >= 15 is 4.39 Å². The van der Waals surface area contributed by atoms with E-state index in [-0.39, 0.29) is 39.4 Å². The molecule has 0 aliphatic heterocycles. The van der Waals surface area contributed by atoms with Crippen LogP contribution in [-0.4, -0.2) is 40.7 Å². The molecule has 0 saturated heterocycles. The van der Waals surface area contributed by atoms with Gasteiger partial charge in [0.2, 0.25) is 0 Å². The lowest BCUT2D eigenvalue weighted by atomic mass is 10.0. The Morgan fingerprint density at radius 2 is 1.91 bits per heavy atom. The minimum Gasteiger partial charge on any atom is -0.405 e. The Balaban J connectivity index is 2.05. The molecular weight excluding hydrogens is 440 g/mol. The molecule has 2 N–H and O–H groups in total. The van der Waals surface area contributed by atoms with Crippen LogP contribution in [0, 0.1) is 19.7 Å². The number of alkyl halides is 3. The highest BCUT2D eigenvalue weighted by molar-refractivity contribution is 6.47. The fraction of sp³-hybridized carbons (Fsp3) is 0.227. The molecule has 0 bridgehead atoms. The van der Waals surface area contributed by atoms with Crippen LogP contribution in [0.5, 0.6) is 0 Å². The van der Waals surface area contributed by atoms with Gasteiger partial charge in [-0.25, -0.2) is 19.3 Å². The molecule has 11 heteroatoms. The van der Waals surface area contributed by atoms with Gasteiger partial charge in [-0.15, -0.1) is 0 Å². The van der Waals surface area contributed by atoms with Crippen LogP contribution in [0.15, 0.2) is 41.7 Å². The van der Waals surface area contributed by atoms with Crippen LogP contribution in [0.3, 0.4) is 0 Å². The Morgan fingerprint density at radius 1 is 1.21 bits per heavy atom. The second kappa shape index (κ2) is 8.93. The number of rotatable bonds is 4. The van der Waals surface area contributed by atoms with Gasteiger partial charge in [-0.2, -0.15) is 13.2 Å². The van der Waals surface area contributed by atoms with Gasteiger partial charge in [0.05, 0.1) is 17.4 Å². The van der Waals surface area contributed by atoms with E-state index in [0.29, 0.717) is 5.56 Å². The van der Waals surface area contributed by atoms with Crippen molar-refractivity contribution in [2.24, 2.45) is 10.7 Å². The number of carbonyl (C=O) groups excluding carboxylic acids is 1. The monoisotopic (exact) mass is 460 g/mol. The number of anilines is 1. The first-order chi connectivity index (χ1) is 15.5. The summed E-state index contributed by atoms with van der Waals surface area (Å²) in [4.78, 5) is 29.5. The van der Waals surface area contributed by atoms with Crippen LogP contribution in [0.2, 0.25) is 0 Å². The number of fused-ring (bicyclic) bond motifs is 1. The normalized spacial score (nSPS) is 12.5. The molecule has 0 aliphatic rings. The van der Waals surface area contributed by atoms with E-state index in [9.17, 15) is 18.0 Å². The summed E-state index contributed by atoms with van der Waals surface area (Å²) in [5.41, 5.74) is 5.27. The summed E-state index contributed by atoms with van der Waals surface area (Å²) in [5, 5.41) is 0. The molecule has 0 atom stereocenters. The van der Waals surface area contributed by atoms with Crippen molar-refractivity contribution < 1.29 is 22.4 Å². The maximum atomic E-state index is 15.2. The summed E-state index contributed by atoms with van der Waals surface area (Å²) >= 11 is 0. The van der Waals surface area contributed by atoms with Gasteiger partial charge in [0, 0.05) is 19.7 Å². The fourth-order valence-electron chi connectivity index (χ4n) is 3.24. The Morgan fingerprint density at radius 3 is 2.52 bits per heavy atom. The Labute approximate surface area is 186 Å². The van der Waals surface area contributed by atoms with Gasteiger partial charge < -0.3 is 10.6 Å². The Hall–Kier alpha value is -3.89. The number of amides is 1. The van der Waals surface area contributed by atoms with Gasteiger partial charge in [0.1, 0.15) is 16.9 Å². The standard InChI is InChI=1S/C22H20F4N6O/c1-11-9-17(22(24,25)26)30-15-10-29-20(31-19(11)15)13-5-6-16(18(23)12(13)2)32(4)21(33)14(28-3)7-8-27/h5-10H,27H2,1-4H3. The average Bonchev–Trinajstić information content (AvgIpc) is 2.77. The molecule has 1 aromatic carbocycles. The molecule has 7 nitrogen and oxygen atoms in total. The van der Waals surface area contributed by atoms with Gasteiger partial charge in [-0.1, -0.05) is 0 Å². The van der Waals surface area contributed by atoms with Crippen molar-refractivity contribution in [3.63, 3.8) is 0 Å². The predicted octanol–water partition coefficient (Wildman–Crippen LogP) is 3.97. The fourth-order valence-corrected chi connectivity index (χ4v) is 3.24. The molecule has 1 amide bonds. The first-order valence-corrected chi connectivity index (χ1v) is 9.63. The topological polar surface area (TPSA) is 97.4 Å². The summed E-state index contributed by atoms with van der Waals surface area (Å²) in [6.45, 7) is 2.97. The molecule has 172 valence electrons. The molecule has 33 heavy (non-hydrogen) atoms. The van der Waals surface area contributed by atoms with Gasteiger partial charge in [-0.3, -0.25) is 9.79 Å². The van der Waals surface area contributed by atoms with Gasteiger partial charge in [0.15, 0.2) is 11.6 Å². The number of nitrogens with zero attached hydrogens (tertiary/aromatic N) is 5. The molecular formula is C22H20F4N6O. The molecule has 3 rings (SSSR count). The number of carbonyl (C=O) groups is 1. The third-order valence-electron chi connectivity index (χ3n) is 5.01. The molecule has 0 aliphatic carbocycles. The number of aliphatic imine (C=N–C) groups is 1. The first kappa shape index (κ1) is 23.8. The van der Waals surface area contributed by atoms with Crippen LogP contribution in [-0.2, 0) is 11.0 Å². The SMILES string of the molecule is CN=C(C=CN)C(=O)N(C)c1ccc(-c2ncc3nc(C(F)(F)F)cc(C)c3n2)c(C)c1F. The van der Waals surface area contributed by atoms with Crippen molar-refractivity contribution in [3.8, 4) is 11.4 Å². The first-order valence-electron chi connectivity index (χ1n) is 9.63. The van der Waals surface area contributed by atoms with Crippen LogP contribution in [0.1, 0.15) is 16.8 Å². The lowest BCUT2D eigenvalue weighted by Crippen LogP contribution is -2.33. The highest BCUT2D eigenvalue weighted by Crippen LogP contribution is 2.32. The molecule has 0 radical (unpaired) electrons. The van der Waals surface area contributed by atoms with E-state index in [4.69, 9.17) is 5.73 Å². The van der Waals surface area contributed by atoms with Gasteiger partial charge >= 0.3 is 6.18 Å². The van der Waals surface area contributed by atoms with Crippen molar-refractivity contribution in [3.05, 3.63) is 59.3 Å². The largest absolute Gasteiger partial charge is 0.433 e. The van der Waals surface area contributed by atoms with Gasteiger partial charge in [0.25, 0.3) is 5.91 Å². The minimum absolute atomic E-state index is 0.00118. The zero-order chi connectivity index (χ0) is 24.5. The maximum absolute atomic E-state index is 15.2. The van der Waals surface area contributed by atoms with E-state index in [1.807, 2.05) is 0 Å². The summed E-state index contributed by atoms with van der Waals surface area (Å²) in [7, 11) is 2.81. The summed E-state index contributed by atoms with van der Waals surface area (Å²) in [6, 6.07) is 3.83. The molecule has 2 heterocycles. The average molecular weight is 460 g/mol. The number of benzene rings is 1. The lowest BCUT2D eigenvalue weighted by molar-refractivity contribution is -0.141. The van der Waals surface area contributed by atoms with E-state index in [2.05, 4.69) is 19.9 Å². The highest BCUT2D eigenvalue weighted by atomic mass is 19.4. The highest BCUT2D eigenvalue weighted by Gasteiger charge is 2.33. The summed E-state index contributed by atoms with van der Waals surface area (Å²) < 4.78 is 54.3. The van der Waals surface area contributed by atoms with Gasteiger partial charge in [-0.05, 0) is 55.4 Å². The smallest absolute Gasteiger partial charge is 0.405 e. The van der Waals surface area contributed by atoms with Crippen molar-refractivity contribution in [1.29, 1.82) is 0 Å². The third-order valence-corrected chi connectivity index (χ3v) is 5.01. The van der Waals surface area contributed by atoms with Crippen LogP contribution < -0.4 is 10.6 Å². The minimum atomic E-state index is -4.60. The molecule has 3 aromatic rings. The number of pyridine rings is 1. The van der Waals surface area contributed by atoms with Crippen molar-refractivity contribution in [2.75, 3.05) is 19.0 Å². The Kier molecular flexibility index (Phi) is 6.43. The molecule has 2 aromatic heterocycles. The molecule has 0 spiro atoms. The van der Waals surface area contributed by atoms with E-state index in [1.54, 1.807) is 0 Å². The van der Waals surface area contributed by atoms with E-state index in [0.717, 1.165) is 17.2 Å². The summed E-state index contributed by atoms with van der Waals surface area (Å²) in [5.74, 6) is -1.12. The van der Waals surface area contributed by atoms with E-state index in [1.165, 1.54) is 52.3 Å². The number of halogens is 4. The van der Waals surface area contributed by atoms with Crippen molar-refractivity contribution in [1.82, 2.24) is 15.0 Å². The van der Waals surface area contributed by atoms with Crippen molar-refractivity contribution >= 4 is 28.3 Å². The molecule has 0 unspecified atom stereocenters. The van der Waals surface area contributed by atoms with Crippen LogP contribution in [0.25, 0.3) is 22.4 Å². The predicted molar refractivity (Wildman–Crippen MR) is 117 cm³/mol. The second-order valence-corrected chi connectivity index (χ2v) is 7.15. The van der Waals surface area contributed by atoms with Crippen LogP contribution >= 0.6 is 0 Å². The lowest BCUT2D eigenvalue weighted by Gasteiger charge is -2.20. The maximum Gasteiger partial charge on any atom is 0.433 e. The molecule has 0 saturated carbocycles. The van der Waals surface area contributed by atoms with Crippen LogP contribution in [0.4, 0.5) is 23.2 Å². The number of aromatic nitrogens is 3. The number of aryl methyl sites for hydroxylation is 1. The summed E-state index contributed by atoms with van der Waals surface area (Å²) in [6.07, 6.45) is -0.964. The zero-order valence-electron chi connectivity index (χ0n) is 18.2. The Bertz CT molecular complexity index is 1300. The number of hydrogen-bond donors (Lipinski definition) is 1. The zero-order valence-corrected chi connectivity index (χ0v) is 18.2. The number of hydrogen-bond acceptors (Lipinski definition) is 6. The number of nitrogens with two attached hydrogens (primary N) is 1. The van der Waals surface area contributed by atoms with Crippen molar-refractivity contribution in [2.45, 2.75) is 20.0 Å². The molecule has 0 fully saturated rings. The third kappa shape index (κ3) is 4.52. The second-order valence-electron chi connectivity index (χ2n) is 7.15. The quantitative estimate of drug-likeness (QED) is 0.469. The van der Waals surface area contributed by atoms with E-state index < -0.39 is 23.6 Å².